The second-order valence-corrected chi connectivity index (χ2v) is 6.19. The van der Waals surface area contributed by atoms with E-state index in [1.807, 2.05) is 12.4 Å². The molecular weight excluding hydrogens is 323 g/mol. The lowest BCUT2D eigenvalue weighted by Crippen LogP contribution is -2.40. The summed E-state index contributed by atoms with van der Waals surface area (Å²) in [7, 11) is 0. The summed E-state index contributed by atoms with van der Waals surface area (Å²) in [5, 5.41) is 6.88. The Bertz CT molecular complexity index is 454. The van der Waals surface area contributed by atoms with Gasteiger partial charge in [0, 0.05) is 30.8 Å². The first-order valence-corrected chi connectivity index (χ1v) is 7.79. The number of rotatable bonds is 3. The normalized spacial score (nSPS) is 27.9. The molecule has 7 heteroatoms. The Morgan fingerprint density at radius 3 is 2.73 bits per heavy atom. The van der Waals surface area contributed by atoms with Crippen molar-refractivity contribution in [2.75, 3.05) is 6.54 Å². The summed E-state index contributed by atoms with van der Waals surface area (Å²) in [5.74, 6) is 0.660. The molecule has 0 radical (unpaired) electrons. The van der Waals surface area contributed by atoms with Crippen molar-refractivity contribution in [3.05, 3.63) is 18.0 Å². The number of hydrogen-bond acceptors (Lipinski definition) is 3. The van der Waals surface area contributed by atoms with Gasteiger partial charge in [-0.3, -0.25) is 9.89 Å². The van der Waals surface area contributed by atoms with E-state index in [-0.39, 0.29) is 42.8 Å². The summed E-state index contributed by atoms with van der Waals surface area (Å²) in [6.45, 7) is 0.872. The highest BCUT2D eigenvalue weighted by Crippen LogP contribution is 2.33. The Labute approximate surface area is 144 Å². The van der Waals surface area contributed by atoms with Crippen molar-refractivity contribution in [2.45, 2.75) is 57.0 Å². The average molecular weight is 349 g/mol. The monoisotopic (exact) mass is 348 g/mol. The fraction of sp³-hybridized carbons (Fsp3) is 0.733. The molecule has 3 rings (SSSR count). The average Bonchev–Trinajstić information content (AvgIpc) is 3.11. The minimum absolute atomic E-state index is 0. The maximum absolute atomic E-state index is 12.6. The molecule has 0 spiro atoms. The zero-order valence-electron chi connectivity index (χ0n) is 12.7. The zero-order valence-corrected chi connectivity index (χ0v) is 14.4. The van der Waals surface area contributed by atoms with Crippen LogP contribution in [0.15, 0.2) is 12.4 Å². The van der Waals surface area contributed by atoms with E-state index in [0.29, 0.717) is 12.3 Å². The van der Waals surface area contributed by atoms with Crippen molar-refractivity contribution in [2.24, 2.45) is 11.7 Å². The Morgan fingerprint density at radius 2 is 2.09 bits per heavy atom. The van der Waals surface area contributed by atoms with Gasteiger partial charge in [-0.2, -0.15) is 5.10 Å². The Hall–Kier alpha value is -0.780. The first-order valence-electron chi connectivity index (χ1n) is 7.79. The summed E-state index contributed by atoms with van der Waals surface area (Å²) in [6.07, 6.45) is 11.1. The number of nitrogens with one attached hydrogen (secondary N) is 1. The van der Waals surface area contributed by atoms with E-state index in [1.165, 1.54) is 12.8 Å². The van der Waals surface area contributed by atoms with Crippen LogP contribution in [0.5, 0.6) is 0 Å². The molecule has 2 heterocycles. The molecule has 3 atom stereocenters. The highest BCUT2D eigenvalue weighted by molar-refractivity contribution is 5.85. The van der Waals surface area contributed by atoms with E-state index in [1.54, 1.807) is 0 Å². The first-order chi connectivity index (χ1) is 9.75. The number of nitrogens with two attached hydrogens (primary N) is 1. The van der Waals surface area contributed by atoms with Gasteiger partial charge in [0.1, 0.15) is 0 Å². The zero-order chi connectivity index (χ0) is 13.9. The van der Waals surface area contributed by atoms with E-state index < -0.39 is 0 Å². The molecular formula is C15H26Cl2N4O. The second kappa shape index (κ2) is 8.75. The molecule has 1 aromatic heterocycles. The molecule has 3 N–H and O–H groups in total. The van der Waals surface area contributed by atoms with Crippen molar-refractivity contribution in [3.63, 3.8) is 0 Å². The maximum Gasteiger partial charge on any atom is 0.223 e. The number of carbonyl (C=O) groups excluding carboxylic acids is 1. The number of carbonyl (C=O) groups is 1. The van der Waals surface area contributed by atoms with Crippen LogP contribution in [0.3, 0.4) is 0 Å². The minimum atomic E-state index is 0. The van der Waals surface area contributed by atoms with Crippen LogP contribution in [0.1, 0.15) is 56.6 Å². The molecule has 5 nitrogen and oxygen atoms in total. The summed E-state index contributed by atoms with van der Waals surface area (Å²) < 4.78 is 0. The Kier molecular flexibility index (Phi) is 7.66. The van der Waals surface area contributed by atoms with Crippen molar-refractivity contribution in [1.82, 2.24) is 15.1 Å². The lowest BCUT2D eigenvalue weighted by molar-refractivity contribution is -0.136. The van der Waals surface area contributed by atoms with Gasteiger partial charge in [-0.15, -0.1) is 24.8 Å². The molecule has 0 aromatic carbocycles. The number of likely N-dealkylation sites (tertiary alicyclic amines) is 1. The molecule has 126 valence electrons. The first kappa shape index (κ1) is 19.3. The van der Waals surface area contributed by atoms with Gasteiger partial charge < -0.3 is 10.6 Å². The van der Waals surface area contributed by atoms with Crippen molar-refractivity contribution in [1.29, 1.82) is 0 Å². The van der Waals surface area contributed by atoms with Crippen LogP contribution in [0.25, 0.3) is 0 Å². The van der Waals surface area contributed by atoms with Crippen LogP contribution < -0.4 is 5.73 Å². The molecule has 2 fully saturated rings. The van der Waals surface area contributed by atoms with E-state index in [0.717, 1.165) is 37.8 Å². The molecule has 1 saturated carbocycles. The van der Waals surface area contributed by atoms with E-state index in [4.69, 9.17) is 5.73 Å². The van der Waals surface area contributed by atoms with Gasteiger partial charge in [-0.05, 0) is 38.0 Å². The molecule has 1 aliphatic carbocycles. The highest BCUT2D eigenvalue weighted by atomic mass is 35.5. The molecule has 1 aromatic rings. The van der Waals surface area contributed by atoms with E-state index >= 15 is 0 Å². The molecule has 22 heavy (non-hydrogen) atoms. The number of aromatic nitrogens is 2. The summed E-state index contributed by atoms with van der Waals surface area (Å²) >= 11 is 0. The summed E-state index contributed by atoms with van der Waals surface area (Å²) in [4.78, 5) is 14.7. The standard InChI is InChI=1S/C15H24N4O.2ClH/c16-13-5-3-4-11(13)8-15(20)19-7-2-1-6-14(19)12-9-17-18-10-12;;/h9-11,13-14H,1-8,16H2,(H,17,18);2*1H/t11-,13+,14?;;/m0../s1. The van der Waals surface area contributed by atoms with Crippen molar-refractivity contribution < 1.29 is 4.79 Å². The number of hydrogen-bond donors (Lipinski definition) is 2. The quantitative estimate of drug-likeness (QED) is 0.881. The largest absolute Gasteiger partial charge is 0.336 e. The fourth-order valence-corrected chi connectivity index (χ4v) is 3.68. The second-order valence-electron chi connectivity index (χ2n) is 6.19. The van der Waals surface area contributed by atoms with Gasteiger partial charge in [0.2, 0.25) is 5.91 Å². The van der Waals surface area contributed by atoms with Gasteiger partial charge in [-0.25, -0.2) is 0 Å². The van der Waals surface area contributed by atoms with Crippen LogP contribution in [0, 0.1) is 5.92 Å². The molecule has 1 saturated heterocycles. The smallest absolute Gasteiger partial charge is 0.223 e. The van der Waals surface area contributed by atoms with E-state index in [2.05, 4.69) is 15.1 Å². The van der Waals surface area contributed by atoms with Gasteiger partial charge in [0.15, 0.2) is 0 Å². The molecule has 2 aliphatic rings. The van der Waals surface area contributed by atoms with Crippen LogP contribution in [-0.4, -0.2) is 33.6 Å². The summed E-state index contributed by atoms with van der Waals surface area (Å²) in [5.41, 5.74) is 7.23. The number of amides is 1. The van der Waals surface area contributed by atoms with Crippen LogP contribution in [0.4, 0.5) is 0 Å². The third-order valence-corrected chi connectivity index (χ3v) is 4.88. The molecule has 0 bridgehead atoms. The number of halogens is 2. The predicted octanol–water partition coefficient (Wildman–Crippen LogP) is 2.82. The number of H-pyrrole nitrogens is 1. The Morgan fingerprint density at radius 1 is 1.27 bits per heavy atom. The van der Waals surface area contributed by atoms with Crippen molar-refractivity contribution >= 4 is 30.7 Å². The summed E-state index contributed by atoms with van der Waals surface area (Å²) in [6, 6.07) is 0.420. The number of piperidine rings is 1. The predicted molar refractivity (Wildman–Crippen MR) is 91.3 cm³/mol. The molecule has 1 unspecified atom stereocenters. The van der Waals surface area contributed by atoms with Crippen molar-refractivity contribution in [3.8, 4) is 0 Å². The third kappa shape index (κ3) is 4.15. The van der Waals surface area contributed by atoms with Gasteiger partial charge >= 0.3 is 0 Å². The van der Waals surface area contributed by atoms with Gasteiger partial charge in [0.25, 0.3) is 0 Å². The number of nitrogens with zero attached hydrogens (tertiary/aromatic N) is 2. The highest BCUT2D eigenvalue weighted by Gasteiger charge is 2.32. The lowest BCUT2D eigenvalue weighted by Gasteiger charge is -2.36. The fourth-order valence-electron chi connectivity index (χ4n) is 3.68. The maximum atomic E-state index is 12.6. The number of aromatic amines is 1. The van der Waals surface area contributed by atoms with Gasteiger partial charge in [-0.1, -0.05) is 6.42 Å². The SMILES string of the molecule is Cl.Cl.N[C@@H]1CCC[C@H]1CC(=O)N1CCCCC1c1cn[nH]c1. The minimum Gasteiger partial charge on any atom is -0.336 e. The van der Waals surface area contributed by atoms with Crippen LogP contribution >= 0.6 is 24.8 Å². The lowest BCUT2D eigenvalue weighted by atomic mass is 9.94. The third-order valence-electron chi connectivity index (χ3n) is 4.88. The molecule has 1 aliphatic heterocycles. The topological polar surface area (TPSA) is 75.0 Å². The van der Waals surface area contributed by atoms with Crippen LogP contribution in [0.2, 0.25) is 0 Å². The molecule has 1 amide bonds. The Balaban J connectivity index is 0.00000121. The van der Waals surface area contributed by atoms with Gasteiger partial charge in [0.05, 0.1) is 12.2 Å². The van der Waals surface area contributed by atoms with E-state index in [9.17, 15) is 4.79 Å². The van der Waals surface area contributed by atoms with Crippen LogP contribution in [-0.2, 0) is 4.79 Å².